The van der Waals surface area contributed by atoms with Gasteiger partial charge in [0, 0.05) is 10.6 Å². The van der Waals surface area contributed by atoms with Crippen LogP contribution in [0.5, 0.6) is 0 Å². The maximum atomic E-state index is 14.3. The van der Waals surface area contributed by atoms with E-state index in [9.17, 15) is 22.8 Å². The van der Waals surface area contributed by atoms with E-state index in [0.717, 1.165) is 43.3 Å². The maximum Gasteiger partial charge on any atom is 0.438 e. The van der Waals surface area contributed by atoms with Crippen LogP contribution in [0.3, 0.4) is 0 Å². The summed E-state index contributed by atoms with van der Waals surface area (Å²) in [7, 11) is 2.01. The smallest absolute Gasteiger partial charge is 0.438 e. The number of carbonyl (C=O) groups is 2. The van der Waals surface area contributed by atoms with Crippen LogP contribution in [0.4, 0.5) is 23.9 Å². The average molecular weight is 457 g/mol. The highest BCUT2D eigenvalue weighted by Crippen LogP contribution is 2.42. The predicted molar refractivity (Wildman–Crippen MR) is 110 cm³/mol. The van der Waals surface area contributed by atoms with Crippen molar-refractivity contribution in [3.05, 3.63) is 46.3 Å². The summed E-state index contributed by atoms with van der Waals surface area (Å²) < 4.78 is 52.3. The van der Waals surface area contributed by atoms with Gasteiger partial charge in [0.05, 0.1) is 19.8 Å². The van der Waals surface area contributed by atoms with Crippen LogP contribution in [-0.2, 0) is 27.1 Å². The van der Waals surface area contributed by atoms with Gasteiger partial charge in [-0.05, 0) is 43.4 Å². The number of aryl methyl sites for hydroxylation is 1. The third kappa shape index (κ3) is 4.47. The Morgan fingerprint density at radius 1 is 1.03 bits per heavy atom. The SMILES string of the molecule is COC(=O)c1c(N[C@@](NNc2ccccc2)(C(=O)OC)C(F)(F)F)sc2c1CCCC2. The topological polar surface area (TPSA) is 88.7 Å². The summed E-state index contributed by atoms with van der Waals surface area (Å²) >= 11 is 1.01. The van der Waals surface area contributed by atoms with Crippen LogP contribution in [-0.4, -0.2) is 38.0 Å². The van der Waals surface area contributed by atoms with Crippen molar-refractivity contribution in [3.63, 3.8) is 0 Å². The quantitative estimate of drug-likeness (QED) is 0.330. The van der Waals surface area contributed by atoms with Crippen LogP contribution < -0.4 is 16.2 Å². The minimum atomic E-state index is -5.14. The molecule has 3 N–H and O–H groups in total. The van der Waals surface area contributed by atoms with Gasteiger partial charge in [0.1, 0.15) is 5.00 Å². The lowest BCUT2D eigenvalue weighted by Gasteiger charge is -2.35. The first-order valence-electron chi connectivity index (χ1n) is 9.48. The van der Waals surface area contributed by atoms with Crippen LogP contribution in [0.1, 0.15) is 33.6 Å². The Bertz CT molecular complexity index is 949. The molecule has 0 saturated heterocycles. The van der Waals surface area contributed by atoms with Gasteiger partial charge >= 0.3 is 23.8 Å². The zero-order valence-corrected chi connectivity index (χ0v) is 17.7. The Hall–Kier alpha value is -2.79. The van der Waals surface area contributed by atoms with E-state index in [1.807, 2.05) is 5.43 Å². The number of anilines is 2. The van der Waals surface area contributed by atoms with Gasteiger partial charge in [0.25, 0.3) is 0 Å². The molecule has 0 spiro atoms. The molecule has 0 fully saturated rings. The van der Waals surface area contributed by atoms with Crippen molar-refractivity contribution in [3.8, 4) is 0 Å². The second-order valence-electron chi connectivity index (χ2n) is 6.89. The number of thiophene rings is 1. The normalized spacial score (nSPS) is 15.4. The van der Waals surface area contributed by atoms with Crippen LogP contribution in [0.2, 0.25) is 0 Å². The molecule has 2 aromatic rings. The van der Waals surface area contributed by atoms with E-state index in [-0.39, 0.29) is 10.6 Å². The van der Waals surface area contributed by atoms with E-state index >= 15 is 0 Å². The van der Waals surface area contributed by atoms with Crippen LogP contribution in [0.25, 0.3) is 0 Å². The second kappa shape index (κ2) is 9.15. The number of fused-ring (bicyclic) bond motifs is 1. The van der Waals surface area contributed by atoms with Gasteiger partial charge in [0.2, 0.25) is 0 Å². The van der Waals surface area contributed by atoms with Crippen molar-refractivity contribution in [2.75, 3.05) is 25.0 Å². The summed E-state index contributed by atoms with van der Waals surface area (Å²) in [6, 6.07) is 7.98. The number of halogens is 3. The summed E-state index contributed by atoms with van der Waals surface area (Å²) in [6.45, 7) is 0. The third-order valence-electron chi connectivity index (χ3n) is 4.95. The number of hydrazine groups is 1. The van der Waals surface area contributed by atoms with Crippen LogP contribution >= 0.6 is 11.3 Å². The number of methoxy groups -OCH3 is 2. The molecule has 1 aromatic heterocycles. The van der Waals surface area contributed by atoms with Gasteiger partial charge in [0.15, 0.2) is 0 Å². The van der Waals surface area contributed by atoms with Crippen molar-refractivity contribution in [1.82, 2.24) is 5.43 Å². The number of ether oxygens (including phenoxy) is 2. The van der Waals surface area contributed by atoms with E-state index < -0.39 is 23.8 Å². The molecule has 0 aliphatic heterocycles. The molecule has 0 radical (unpaired) electrons. The van der Waals surface area contributed by atoms with Crippen LogP contribution in [0, 0.1) is 0 Å². The minimum absolute atomic E-state index is 0.0150. The maximum absolute atomic E-state index is 14.3. The Kier molecular flexibility index (Phi) is 6.75. The molecule has 1 heterocycles. The monoisotopic (exact) mass is 457 g/mol. The summed E-state index contributed by atoms with van der Waals surface area (Å²) in [4.78, 5) is 25.7. The Labute approximate surface area is 180 Å². The molecule has 0 saturated carbocycles. The molecule has 168 valence electrons. The molecule has 31 heavy (non-hydrogen) atoms. The van der Waals surface area contributed by atoms with Gasteiger partial charge in [-0.15, -0.1) is 11.3 Å². The third-order valence-corrected chi connectivity index (χ3v) is 6.15. The lowest BCUT2D eigenvalue weighted by atomic mass is 9.95. The molecule has 7 nitrogen and oxygen atoms in total. The number of rotatable bonds is 7. The van der Waals surface area contributed by atoms with Crippen molar-refractivity contribution in [2.24, 2.45) is 0 Å². The number of para-hydroxylation sites is 1. The molecule has 1 atom stereocenters. The van der Waals surface area contributed by atoms with Gasteiger partial charge < -0.3 is 20.2 Å². The van der Waals surface area contributed by atoms with E-state index in [1.165, 1.54) is 12.1 Å². The molecular formula is C20H22F3N3O4S. The fraction of sp³-hybridized carbons (Fsp3) is 0.400. The highest BCUT2D eigenvalue weighted by molar-refractivity contribution is 7.16. The fourth-order valence-electron chi connectivity index (χ4n) is 3.37. The fourth-order valence-corrected chi connectivity index (χ4v) is 4.71. The second-order valence-corrected chi connectivity index (χ2v) is 7.99. The number of carbonyl (C=O) groups excluding carboxylic acids is 2. The predicted octanol–water partition coefficient (Wildman–Crippen LogP) is 3.87. The van der Waals surface area contributed by atoms with E-state index in [4.69, 9.17) is 4.74 Å². The Balaban J connectivity index is 2.07. The molecule has 1 aromatic carbocycles. The lowest BCUT2D eigenvalue weighted by Crippen LogP contribution is -2.69. The van der Waals surface area contributed by atoms with Crippen molar-refractivity contribution in [2.45, 2.75) is 37.5 Å². The molecule has 0 amide bonds. The van der Waals surface area contributed by atoms with E-state index in [0.29, 0.717) is 24.1 Å². The van der Waals surface area contributed by atoms with E-state index in [2.05, 4.69) is 15.5 Å². The molecule has 1 aliphatic rings. The number of esters is 2. The van der Waals surface area contributed by atoms with Gasteiger partial charge in [-0.2, -0.15) is 18.6 Å². The number of alkyl halides is 3. The van der Waals surface area contributed by atoms with Gasteiger partial charge in [-0.1, -0.05) is 18.2 Å². The minimum Gasteiger partial charge on any atom is -0.466 e. The van der Waals surface area contributed by atoms with Crippen molar-refractivity contribution in [1.29, 1.82) is 0 Å². The first-order valence-corrected chi connectivity index (χ1v) is 10.3. The largest absolute Gasteiger partial charge is 0.466 e. The molecule has 3 rings (SSSR count). The first kappa shape index (κ1) is 22.9. The Morgan fingerprint density at radius 2 is 1.71 bits per heavy atom. The Morgan fingerprint density at radius 3 is 2.32 bits per heavy atom. The van der Waals surface area contributed by atoms with Gasteiger partial charge in [-0.25, -0.2) is 9.59 Å². The molecule has 11 heteroatoms. The number of benzene rings is 1. The van der Waals surface area contributed by atoms with Gasteiger partial charge in [-0.3, -0.25) is 0 Å². The molecule has 0 unspecified atom stereocenters. The number of hydrogen-bond acceptors (Lipinski definition) is 8. The number of hydrogen-bond donors (Lipinski definition) is 3. The number of nitrogens with one attached hydrogen (secondary N) is 3. The lowest BCUT2D eigenvalue weighted by molar-refractivity contribution is -0.204. The molecular weight excluding hydrogens is 435 g/mol. The average Bonchev–Trinajstić information content (AvgIpc) is 3.13. The van der Waals surface area contributed by atoms with Crippen molar-refractivity contribution >= 4 is 34.0 Å². The van der Waals surface area contributed by atoms with Crippen molar-refractivity contribution < 1.29 is 32.2 Å². The van der Waals surface area contributed by atoms with E-state index in [1.54, 1.807) is 18.2 Å². The zero-order valence-electron chi connectivity index (χ0n) is 16.9. The summed E-state index contributed by atoms with van der Waals surface area (Å²) in [6.07, 6.45) is -2.28. The highest BCUT2D eigenvalue weighted by atomic mass is 32.1. The molecule has 0 bridgehead atoms. The summed E-state index contributed by atoms with van der Waals surface area (Å²) in [5.41, 5.74) is 2.05. The summed E-state index contributed by atoms with van der Waals surface area (Å²) in [5, 5.41) is 2.13. The molecule has 1 aliphatic carbocycles. The first-order chi connectivity index (χ1) is 14.7. The summed E-state index contributed by atoms with van der Waals surface area (Å²) in [5.74, 6) is -2.38. The zero-order chi connectivity index (χ0) is 22.6. The highest BCUT2D eigenvalue weighted by Gasteiger charge is 2.63. The van der Waals surface area contributed by atoms with Crippen LogP contribution in [0.15, 0.2) is 30.3 Å². The standard InChI is InChI=1S/C20H22F3N3O4S/c1-29-17(27)15-13-10-6-7-11-14(13)31-16(15)24-19(18(28)30-2,20(21,22)23)26-25-12-8-4-3-5-9-12/h3-5,8-9,24-26H,6-7,10-11H2,1-2H3/t19-/m1/s1.